The Bertz CT molecular complexity index is 976. The molecule has 1 saturated heterocycles. The highest BCUT2D eigenvalue weighted by Crippen LogP contribution is 2.26. The molecule has 0 spiro atoms. The number of amides is 1. The quantitative estimate of drug-likeness (QED) is 0.745. The van der Waals surface area contributed by atoms with Gasteiger partial charge in [-0.25, -0.2) is 0 Å². The third-order valence-electron chi connectivity index (χ3n) is 5.58. The predicted molar refractivity (Wildman–Crippen MR) is 104 cm³/mol. The van der Waals surface area contributed by atoms with Crippen molar-refractivity contribution in [1.29, 1.82) is 0 Å². The number of nitrogens with zero attached hydrogens (tertiary/aromatic N) is 3. The fourth-order valence-corrected chi connectivity index (χ4v) is 3.97. The van der Waals surface area contributed by atoms with Crippen LogP contribution in [-0.2, 0) is 12.8 Å². The molecule has 2 aromatic heterocycles. The number of rotatable bonds is 4. The van der Waals surface area contributed by atoms with Crippen molar-refractivity contribution in [3.8, 4) is 0 Å². The van der Waals surface area contributed by atoms with Gasteiger partial charge in [0.25, 0.3) is 5.91 Å². The number of hydrogen-bond donors (Lipinski definition) is 2. The number of fused-ring (bicyclic) bond motifs is 1. The van der Waals surface area contributed by atoms with Gasteiger partial charge in [0.1, 0.15) is 0 Å². The second-order valence-corrected chi connectivity index (χ2v) is 7.26. The van der Waals surface area contributed by atoms with Gasteiger partial charge in [-0.2, -0.15) is 5.10 Å². The van der Waals surface area contributed by atoms with Gasteiger partial charge >= 0.3 is 0 Å². The molecule has 140 valence electrons. The van der Waals surface area contributed by atoms with Crippen LogP contribution in [0.15, 0.2) is 36.5 Å². The molecule has 4 rings (SSSR count). The van der Waals surface area contributed by atoms with Crippen LogP contribution in [0.25, 0.3) is 10.9 Å². The Balaban J connectivity index is 1.53. The third-order valence-corrected chi connectivity index (χ3v) is 5.58. The number of likely N-dealkylation sites (tertiary alicyclic amines) is 1. The SMILES string of the molecule is CCc1[nH]nc(C(=O)N2C[C@@H](Cc3ccnc4ccccc34)[C@@H](O)C2)c1C. The lowest BCUT2D eigenvalue weighted by atomic mass is 9.94. The van der Waals surface area contributed by atoms with Crippen molar-refractivity contribution in [3.05, 3.63) is 59.0 Å². The molecule has 3 aromatic rings. The second-order valence-electron chi connectivity index (χ2n) is 7.26. The number of benzene rings is 1. The summed E-state index contributed by atoms with van der Waals surface area (Å²) in [5.74, 6) is -0.103. The van der Waals surface area contributed by atoms with Gasteiger partial charge in [-0.1, -0.05) is 25.1 Å². The van der Waals surface area contributed by atoms with Gasteiger partial charge in [0, 0.05) is 41.8 Å². The minimum atomic E-state index is -0.536. The first-order valence-electron chi connectivity index (χ1n) is 9.42. The summed E-state index contributed by atoms with van der Waals surface area (Å²) >= 11 is 0. The van der Waals surface area contributed by atoms with Crippen LogP contribution in [0, 0.1) is 12.8 Å². The van der Waals surface area contributed by atoms with E-state index >= 15 is 0 Å². The molecule has 6 nitrogen and oxygen atoms in total. The molecule has 2 N–H and O–H groups in total. The summed E-state index contributed by atoms with van der Waals surface area (Å²) in [7, 11) is 0. The zero-order chi connectivity index (χ0) is 19.0. The number of aryl methyl sites for hydroxylation is 1. The van der Waals surface area contributed by atoms with Crippen LogP contribution in [0.2, 0.25) is 0 Å². The molecular formula is C21H24N4O2. The van der Waals surface area contributed by atoms with Crippen LogP contribution in [-0.4, -0.2) is 50.3 Å². The van der Waals surface area contributed by atoms with E-state index in [1.165, 1.54) is 0 Å². The van der Waals surface area contributed by atoms with Crippen molar-refractivity contribution in [3.63, 3.8) is 0 Å². The molecule has 3 heterocycles. The van der Waals surface area contributed by atoms with E-state index in [4.69, 9.17) is 0 Å². The molecule has 27 heavy (non-hydrogen) atoms. The van der Waals surface area contributed by atoms with Crippen molar-refractivity contribution in [2.45, 2.75) is 32.8 Å². The molecule has 0 unspecified atom stereocenters. The van der Waals surface area contributed by atoms with Crippen molar-refractivity contribution in [2.24, 2.45) is 5.92 Å². The van der Waals surface area contributed by atoms with E-state index in [0.29, 0.717) is 25.2 Å². The smallest absolute Gasteiger partial charge is 0.274 e. The average Bonchev–Trinajstić information content (AvgIpc) is 3.24. The number of pyridine rings is 1. The third kappa shape index (κ3) is 3.21. The molecule has 0 bridgehead atoms. The maximum Gasteiger partial charge on any atom is 0.274 e. The fourth-order valence-electron chi connectivity index (χ4n) is 3.97. The van der Waals surface area contributed by atoms with E-state index in [9.17, 15) is 9.90 Å². The predicted octanol–water partition coefficient (Wildman–Crippen LogP) is 2.50. The van der Waals surface area contributed by atoms with Crippen molar-refractivity contribution in [1.82, 2.24) is 20.1 Å². The first-order valence-corrected chi connectivity index (χ1v) is 9.42. The van der Waals surface area contributed by atoms with E-state index in [2.05, 4.69) is 21.2 Å². The maximum atomic E-state index is 12.9. The number of carbonyl (C=O) groups is 1. The van der Waals surface area contributed by atoms with Crippen LogP contribution >= 0.6 is 0 Å². The zero-order valence-corrected chi connectivity index (χ0v) is 15.6. The number of hydrogen-bond acceptors (Lipinski definition) is 4. The number of aliphatic hydroxyl groups is 1. The molecule has 1 aliphatic heterocycles. The normalized spacial score (nSPS) is 19.7. The minimum absolute atomic E-state index is 0.00431. The maximum absolute atomic E-state index is 12.9. The standard InChI is InChI=1S/C21H24N4O2/c1-3-17-13(2)20(24-23-17)21(27)25-11-15(19(26)12-25)10-14-8-9-22-18-7-5-4-6-16(14)18/h4-9,15,19,26H,3,10-12H2,1-2H3,(H,23,24)/t15-,19+/m1/s1. The van der Waals surface area contributed by atoms with Crippen LogP contribution in [0.4, 0.5) is 0 Å². The molecule has 0 saturated carbocycles. The highest BCUT2D eigenvalue weighted by atomic mass is 16.3. The van der Waals surface area contributed by atoms with Gasteiger partial charge in [0.15, 0.2) is 5.69 Å². The number of aromatic amines is 1. The molecule has 6 heteroatoms. The topological polar surface area (TPSA) is 82.1 Å². The van der Waals surface area contributed by atoms with Crippen molar-refractivity contribution >= 4 is 16.8 Å². The lowest BCUT2D eigenvalue weighted by molar-refractivity contribution is 0.0758. The monoisotopic (exact) mass is 364 g/mol. The largest absolute Gasteiger partial charge is 0.391 e. The highest BCUT2D eigenvalue weighted by Gasteiger charge is 2.36. The molecule has 1 aliphatic rings. The van der Waals surface area contributed by atoms with Crippen molar-refractivity contribution < 1.29 is 9.90 Å². The summed E-state index contributed by atoms with van der Waals surface area (Å²) < 4.78 is 0. The van der Waals surface area contributed by atoms with Gasteiger partial charge < -0.3 is 10.0 Å². The summed E-state index contributed by atoms with van der Waals surface area (Å²) in [4.78, 5) is 19.0. The van der Waals surface area contributed by atoms with Gasteiger partial charge in [-0.15, -0.1) is 0 Å². The number of para-hydroxylation sites is 1. The highest BCUT2D eigenvalue weighted by molar-refractivity contribution is 5.94. The van der Waals surface area contributed by atoms with Gasteiger partial charge in [-0.3, -0.25) is 14.9 Å². The Labute approximate surface area is 158 Å². The molecule has 1 fully saturated rings. The lowest BCUT2D eigenvalue weighted by Gasteiger charge is -2.16. The van der Waals surface area contributed by atoms with E-state index in [-0.39, 0.29) is 11.8 Å². The Morgan fingerprint density at radius 2 is 2.11 bits per heavy atom. The number of H-pyrrole nitrogens is 1. The molecule has 2 atom stereocenters. The molecule has 0 radical (unpaired) electrons. The summed E-state index contributed by atoms with van der Waals surface area (Å²) in [6, 6.07) is 10.0. The lowest BCUT2D eigenvalue weighted by Crippen LogP contribution is -2.30. The zero-order valence-electron chi connectivity index (χ0n) is 15.6. The average molecular weight is 364 g/mol. The summed E-state index contributed by atoms with van der Waals surface area (Å²) in [5, 5.41) is 18.8. The first-order chi connectivity index (χ1) is 13.1. The van der Waals surface area contributed by atoms with E-state index in [1.54, 1.807) is 11.1 Å². The van der Waals surface area contributed by atoms with Crippen LogP contribution in [0.1, 0.15) is 34.2 Å². The van der Waals surface area contributed by atoms with E-state index in [0.717, 1.165) is 34.1 Å². The number of aromatic nitrogens is 3. The van der Waals surface area contributed by atoms with Gasteiger partial charge in [0.2, 0.25) is 0 Å². The number of nitrogens with one attached hydrogen (secondary N) is 1. The number of aliphatic hydroxyl groups excluding tert-OH is 1. The van der Waals surface area contributed by atoms with Gasteiger partial charge in [-0.05, 0) is 37.5 Å². The Hall–Kier alpha value is -2.73. The Kier molecular flexibility index (Phi) is 4.66. The van der Waals surface area contributed by atoms with E-state index < -0.39 is 6.10 Å². The van der Waals surface area contributed by atoms with Crippen LogP contribution in [0.5, 0.6) is 0 Å². The molecule has 1 aromatic carbocycles. The number of carbonyl (C=O) groups excluding carboxylic acids is 1. The molecule has 1 amide bonds. The number of β-amino-alcohol motifs (C(OH)–C–C–N with tert-alkyl or cyclic N) is 1. The first kappa shape index (κ1) is 17.7. The Morgan fingerprint density at radius 1 is 1.30 bits per heavy atom. The summed E-state index contributed by atoms with van der Waals surface area (Å²) in [6.07, 6.45) is 2.80. The summed E-state index contributed by atoms with van der Waals surface area (Å²) in [6.45, 7) is 4.83. The summed E-state index contributed by atoms with van der Waals surface area (Å²) in [5.41, 5.74) is 4.46. The van der Waals surface area contributed by atoms with Gasteiger partial charge in [0.05, 0.1) is 11.6 Å². The fraction of sp³-hybridized carbons (Fsp3) is 0.381. The van der Waals surface area contributed by atoms with Crippen LogP contribution < -0.4 is 0 Å². The van der Waals surface area contributed by atoms with Crippen LogP contribution in [0.3, 0.4) is 0 Å². The molecular weight excluding hydrogens is 340 g/mol. The molecule has 0 aliphatic carbocycles. The minimum Gasteiger partial charge on any atom is -0.391 e. The van der Waals surface area contributed by atoms with Crippen molar-refractivity contribution in [2.75, 3.05) is 13.1 Å². The Morgan fingerprint density at radius 3 is 2.89 bits per heavy atom. The van der Waals surface area contributed by atoms with E-state index in [1.807, 2.05) is 38.1 Å². The second kappa shape index (κ2) is 7.12.